The Morgan fingerprint density at radius 1 is 1.30 bits per heavy atom. The lowest BCUT2D eigenvalue weighted by Gasteiger charge is -2.36. The van der Waals surface area contributed by atoms with Crippen LogP contribution in [0.1, 0.15) is 59.3 Å². The van der Waals surface area contributed by atoms with Crippen molar-refractivity contribution >= 4 is 0 Å². The maximum absolute atomic E-state index is 9.91. The Morgan fingerprint density at radius 3 is 2.70 bits per heavy atom. The fourth-order valence-corrected chi connectivity index (χ4v) is 4.19. The van der Waals surface area contributed by atoms with E-state index in [0.29, 0.717) is 17.9 Å². The summed E-state index contributed by atoms with van der Waals surface area (Å²) in [6.45, 7) is 12.0. The zero-order chi connectivity index (χ0) is 14.6. The molecule has 1 aliphatic carbocycles. The van der Waals surface area contributed by atoms with Crippen LogP contribution >= 0.6 is 0 Å². The Labute approximate surface area is 125 Å². The van der Waals surface area contributed by atoms with Gasteiger partial charge in [0, 0.05) is 12.1 Å². The summed E-state index contributed by atoms with van der Waals surface area (Å²) in [5.41, 5.74) is 0.523. The molecule has 0 spiro atoms. The van der Waals surface area contributed by atoms with Gasteiger partial charge in [0.15, 0.2) is 0 Å². The summed E-state index contributed by atoms with van der Waals surface area (Å²) in [4.78, 5) is 2.63. The monoisotopic (exact) mass is 282 g/mol. The number of aliphatic hydroxyl groups is 1. The van der Waals surface area contributed by atoms with E-state index in [2.05, 4.69) is 31.0 Å². The van der Waals surface area contributed by atoms with Gasteiger partial charge in [-0.2, -0.15) is 0 Å². The predicted molar refractivity (Wildman–Crippen MR) is 84.9 cm³/mol. The van der Waals surface area contributed by atoms with Crippen LogP contribution in [0.2, 0.25) is 0 Å². The van der Waals surface area contributed by atoms with Crippen LogP contribution in [0, 0.1) is 11.3 Å². The zero-order valence-electron chi connectivity index (χ0n) is 13.7. The second-order valence-corrected chi connectivity index (χ2v) is 7.81. The molecule has 2 fully saturated rings. The molecule has 118 valence electrons. The standard InChI is InChI=1S/C17H34N2O/c1-4-10-18-17(14-20)8-5-6-15(17)7-11-19-12-9-16(2,3)13-19/h15,18,20H,4-14H2,1-3H3. The van der Waals surface area contributed by atoms with E-state index in [9.17, 15) is 5.11 Å². The Morgan fingerprint density at radius 2 is 2.10 bits per heavy atom. The highest BCUT2D eigenvalue weighted by atomic mass is 16.3. The largest absolute Gasteiger partial charge is 0.394 e. The van der Waals surface area contributed by atoms with E-state index in [1.165, 1.54) is 45.3 Å². The summed E-state index contributed by atoms with van der Waals surface area (Å²) in [5.74, 6) is 0.655. The van der Waals surface area contributed by atoms with Crippen LogP contribution in [-0.4, -0.2) is 48.3 Å². The number of likely N-dealkylation sites (tertiary alicyclic amines) is 1. The first-order valence-electron chi connectivity index (χ1n) is 8.59. The fraction of sp³-hybridized carbons (Fsp3) is 1.00. The highest BCUT2D eigenvalue weighted by Crippen LogP contribution is 2.38. The van der Waals surface area contributed by atoms with E-state index < -0.39 is 0 Å². The van der Waals surface area contributed by atoms with Crippen molar-refractivity contribution < 1.29 is 5.11 Å². The van der Waals surface area contributed by atoms with Gasteiger partial charge >= 0.3 is 0 Å². The van der Waals surface area contributed by atoms with E-state index >= 15 is 0 Å². The van der Waals surface area contributed by atoms with E-state index in [-0.39, 0.29) is 5.54 Å². The average molecular weight is 282 g/mol. The molecule has 1 aliphatic heterocycles. The lowest BCUT2D eigenvalue weighted by Crippen LogP contribution is -2.52. The summed E-state index contributed by atoms with van der Waals surface area (Å²) < 4.78 is 0. The molecule has 2 unspecified atom stereocenters. The molecule has 3 heteroatoms. The van der Waals surface area contributed by atoms with Crippen molar-refractivity contribution in [2.75, 3.05) is 32.8 Å². The molecule has 1 heterocycles. The molecule has 0 bridgehead atoms. The molecule has 1 saturated carbocycles. The number of nitrogens with zero attached hydrogens (tertiary/aromatic N) is 1. The SMILES string of the molecule is CCCNC1(CO)CCCC1CCN1CCC(C)(C)C1. The summed E-state index contributed by atoms with van der Waals surface area (Å²) in [6, 6.07) is 0. The number of hydrogen-bond donors (Lipinski definition) is 2. The summed E-state index contributed by atoms with van der Waals surface area (Å²) in [7, 11) is 0. The normalized spacial score (nSPS) is 33.9. The van der Waals surface area contributed by atoms with Crippen molar-refractivity contribution in [3.8, 4) is 0 Å². The fourth-order valence-electron chi connectivity index (χ4n) is 4.19. The third-order valence-electron chi connectivity index (χ3n) is 5.52. The maximum atomic E-state index is 9.91. The van der Waals surface area contributed by atoms with Crippen LogP contribution in [0.25, 0.3) is 0 Å². The Hall–Kier alpha value is -0.120. The minimum Gasteiger partial charge on any atom is -0.394 e. The zero-order valence-corrected chi connectivity index (χ0v) is 13.7. The second-order valence-electron chi connectivity index (χ2n) is 7.81. The molecule has 2 N–H and O–H groups in total. The van der Waals surface area contributed by atoms with E-state index in [0.717, 1.165) is 19.4 Å². The molecule has 0 amide bonds. The van der Waals surface area contributed by atoms with Crippen molar-refractivity contribution in [2.45, 2.75) is 64.8 Å². The van der Waals surface area contributed by atoms with Gasteiger partial charge in [-0.3, -0.25) is 0 Å². The van der Waals surface area contributed by atoms with Gasteiger partial charge in [0.1, 0.15) is 0 Å². The molecule has 2 atom stereocenters. The second kappa shape index (κ2) is 6.76. The molecular formula is C17H34N2O. The lowest BCUT2D eigenvalue weighted by molar-refractivity contribution is 0.112. The minimum atomic E-state index is 0.0191. The quantitative estimate of drug-likeness (QED) is 0.753. The molecule has 2 aliphatic rings. The highest BCUT2D eigenvalue weighted by molar-refractivity contribution is 4.99. The molecule has 0 radical (unpaired) electrons. The minimum absolute atomic E-state index is 0.0191. The summed E-state index contributed by atoms with van der Waals surface area (Å²) in [6.07, 6.45) is 7.43. The smallest absolute Gasteiger partial charge is 0.0616 e. The number of rotatable bonds is 7. The first kappa shape index (κ1) is 16.3. The first-order chi connectivity index (χ1) is 9.51. The van der Waals surface area contributed by atoms with Crippen LogP contribution in [0.3, 0.4) is 0 Å². The Balaban J connectivity index is 1.84. The van der Waals surface area contributed by atoms with Crippen molar-refractivity contribution in [1.82, 2.24) is 10.2 Å². The maximum Gasteiger partial charge on any atom is 0.0616 e. The van der Waals surface area contributed by atoms with Gasteiger partial charge in [-0.15, -0.1) is 0 Å². The summed E-state index contributed by atoms with van der Waals surface area (Å²) in [5, 5.41) is 13.6. The number of aliphatic hydroxyl groups excluding tert-OH is 1. The van der Waals surface area contributed by atoms with Crippen LogP contribution in [0.5, 0.6) is 0 Å². The molecule has 0 aromatic heterocycles. The van der Waals surface area contributed by atoms with Crippen molar-refractivity contribution in [1.29, 1.82) is 0 Å². The van der Waals surface area contributed by atoms with Crippen molar-refractivity contribution in [2.24, 2.45) is 11.3 Å². The van der Waals surface area contributed by atoms with Crippen LogP contribution in [0.4, 0.5) is 0 Å². The van der Waals surface area contributed by atoms with Gasteiger partial charge in [0.05, 0.1) is 6.61 Å². The van der Waals surface area contributed by atoms with Gasteiger partial charge in [-0.05, 0) is 63.1 Å². The summed E-state index contributed by atoms with van der Waals surface area (Å²) >= 11 is 0. The van der Waals surface area contributed by atoms with Gasteiger partial charge < -0.3 is 15.3 Å². The van der Waals surface area contributed by atoms with Crippen molar-refractivity contribution in [3.05, 3.63) is 0 Å². The molecule has 1 saturated heterocycles. The van der Waals surface area contributed by atoms with Gasteiger partial charge in [-0.1, -0.05) is 27.2 Å². The highest BCUT2D eigenvalue weighted by Gasteiger charge is 2.42. The van der Waals surface area contributed by atoms with E-state index in [1.54, 1.807) is 0 Å². The Bertz CT molecular complexity index is 305. The van der Waals surface area contributed by atoms with E-state index in [4.69, 9.17) is 0 Å². The third-order valence-corrected chi connectivity index (χ3v) is 5.52. The van der Waals surface area contributed by atoms with Crippen LogP contribution in [-0.2, 0) is 0 Å². The number of nitrogens with one attached hydrogen (secondary N) is 1. The van der Waals surface area contributed by atoms with E-state index in [1.807, 2.05) is 0 Å². The van der Waals surface area contributed by atoms with Crippen LogP contribution in [0.15, 0.2) is 0 Å². The molecular weight excluding hydrogens is 248 g/mol. The molecule has 20 heavy (non-hydrogen) atoms. The van der Waals surface area contributed by atoms with Crippen LogP contribution < -0.4 is 5.32 Å². The number of hydrogen-bond acceptors (Lipinski definition) is 3. The molecule has 0 aromatic carbocycles. The van der Waals surface area contributed by atoms with Gasteiger partial charge in [0.2, 0.25) is 0 Å². The average Bonchev–Trinajstić information content (AvgIpc) is 2.97. The Kier molecular flexibility index (Phi) is 5.49. The topological polar surface area (TPSA) is 35.5 Å². The lowest BCUT2D eigenvalue weighted by atomic mass is 9.85. The molecule has 0 aromatic rings. The molecule has 2 rings (SSSR count). The third kappa shape index (κ3) is 3.75. The molecule has 3 nitrogen and oxygen atoms in total. The first-order valence-corrected chi connectivity index (χ1v) is 8.59. The predicted octanol–water partition coefficient (Wildman–Crippen LogP) is 2.64. The van der Waals surface area contributed by atoms with Gasteiger partial charge in [-0.25, -0.2) is 0 Å². The van der Waals surface area contributed by atoms with Gasteiger partial charge in [0.25, 0.3) is 0 Å². The van der Waals surface area contributed by atoms with Crippen molar-refractivity contribution in [3.63, 3.8) is 0 Å².